The Labute approximate surface area is 182 Å². The van der Waals surface area contributed by atoms with Crippen LogP contribution in [0.3, 0.4) is 0 Å². The number of anilines is 1. The maximum absolute atomic E-state index is 13.2. The molecule has 1 atom stereocenters. The molecular weight excluding hydrogens is 397 g/mol. The topological polar surface area (TPSA) is 69.7 Å². The van der Waals surface area contributed by atoms with Gasteiger partial charge in [0.25, 0.3) is 0 Å². The molecule has 164 valence electrons. The maximum Gasteiger partial charge on any atom is 0.229 e. The van der Waals surface area contributed by atoms with E-state index in [1.54, 1.807) is 31.1 Å². The molecule has 3 amide bonds. The van der Waals surface area contributed by atoms with Gasteiger partial charge in [0.15, 0.2) is 0 Å². The van der Waals surface area contributed by atoms with E-state index in [1.807, 2.05) is 24.3 Å². The Balaban J connectivity index is 1.59. The molecule has 6 nitrogen and oxygen atoms in total. The SMILES string of the molecule is CN(C)C(=O)CCC(=O)N1CCC[C@H](C(=O)Nc2cccc(-c3ccc(F)cc3)c2)C1. The lowest BCUT2D eigenvalue weighted by molar-refractivity contribution is -0.138. The van der Waals surface area contributed by atoms with Gasteiger partial charge < -0.3 is 15.1 Å². The zero-order chi connectivity index (χ0) is 22.4. The van der Waals surface area contributed by atoms with Crippen molar-refractivity contribution in [1.82, 2.24) is 9.80 Å². The number of benzene rings is 2. The molecule has 2 aromatic rings. The minimum absolute atomic E-state index is 0.0827. The van der Waals surface area contributed by atoms with Gasteiger partial charge in [-0.05, 0) is 48.2 Å². The molecule has 3 rings (SSSR count). The van der Waals surface area contributed by atoms with Gasteiger partial charge in [0.2, 0.25) is 17.7 Å². The average Bonchev–Trinajstić information content (AvgIpc) is 2.77. The molecule has 0 bridgehead atoms. The first-order valence-corrected chi connectivity index (χ1v) is 10.5. The molecular formula is C24H28FN3O3. The van der Waals surface area contributed by atoms with E-state index in [1.165, 1.54) is 17.0 Å². The molecule has 1 N–H and O–H groups in total. The number of piperidine rings is 1. The number of carbonyl (C=O) groups is 3. The summed E-state index contributed by atoms with van der Waals surface area (Å²) in [7, 11) is 3.33. The summed E-state index contributed by atoms with van der Waals surface area (Å²) in [5.41, 5.74) is 2.40. The van der Waals surface area contributed by atoms with Gasteiger partial charge in [-0.3, -0.25) is 14.4 Å². The highest BCUT2D eigenvalue weighted by molar-refractivity contribution is 5.94. The van der Waals surface area contributed by atoms with Gasteiger partial charge in [-0.15, -0.1) is 0 Å². The average molecular weight is 426 g/mol. The second-order valence-electron chi connectivity index (χ2n) is 8.04. The van der Waals surface area contributed by atoms with Crippen LogP contribution in [0.1, 0.15) is 25.7 Å². The van der Waals surface area contributed by atoms with Gasteiger partial charge in [-0.2, -0.15) is 0 Å². The smallest absolute Gasteiger partial charge is 0.229 e. The van der Waals surface area contributed by atoms with Crippen molar-refractivity contribution in [3.8, 4) is 11.1 Å². The van der Waals surface area contributed by atoms with Crippen LogP contribution in [0, 0.1) is 11.7 Å². The first-order chi connectivity index (χ1) is 14.8. The normalized spacial score (nSPS) is 16.0. The number of halogens is 1. The quantitative estimate of drug-likeness (QED) is 0.770. The summed E-state index contributed by atoms with van der Waals surface area (Å²) >= 11 is 0. The molecule has 0 aliphatic carbocycles. The van der Waals surface area contributed by atoms with Crippen molar-refractivity contribution in [1.29, 1.82) is 0 Å². The summed E-state index contributed by atoms with van der Waals surface area (Å²) in [6.07, 6.45) is 1.80. The third-order valence-corrected chi connectivity index (χ3v) is 5.50. The fourth-order valence-electron chi connectivity index (χ4n) is 3.68. The van der Waals surface area contributed by atoms with Crippen LogP contribution in [0.2, 0.25) is 0 Å². The van der Waals surface area contributed by atoms with E-state index >= 15 is 0 Å². The highest BCUT2D eigenvalue weighted by Crippen LogP contribution is 2.24. The van der Waals surface area contributed by atoms with Crippen LogP contribution in [0.25, 0.3) is 11.1 Å². The largest absolute Gasteiger partial charge is 0.349 e. The predicted molar refractivity (Wildman–Crippen MR) is 118 cm³/mol. The second kappa shape index (κ2) is 10.2. The Hall–Kier alpha value is -3.22. The molecule has 1 saturated heterocycles. The molecule has 1 aliphatic heterocycles. The molecule has 1 fully saturated rings. The number of rotatable bonds is 6. The number of carbonyl (C=O) groups excluding carboxylic acids is 3. The second-order valence-corrected chi connectivity index (χ2v) is 8.04. The Morgan fingerprint density at radius 1 is 1.06 bits per heavy atom. The standard InChI is InChI=1S/C24H28FN3O3/c1-27(2)22(29)12-13-23(30)28-14-4-6-19(16-28)24(31)26-21-7-3-5-18(15-21)17-8-10-20(25)11-9-17/h3,5,7-11,15,19H,4,6,12-14,16H2,1-2H3,(H,26,31)/t19-/m0/s1. The van der Waals surface area contributed by atoms with Gasteiger partial charge >= 0.3 is 0 Å². The van der Waals surface area contributed by atoms with Crippen LogP contribution in [0.4, 0.5) is 10.1 Å². The molecule has 1 aliphatic rings. The van der Waals surface area contributed by atoms with Gasteiger partial charge in [-0.1, -0.05) is 24.3 Å². The van der Waals surface area contributed by atoms with Crippen LogP contribution in [0.5, 0.6) is 0 Å². The van der Waals surface area contributed by atoms with E-state index in [2.05, 4.69) is 5.32 Å². The summed E-state index contributed by atoms with van der Waals surface area (Å²) < 4.78 is 13.2. The van der Waals surface area contributed by atoms with Gasteiger partial charge in [-0.25, -0.2) is 4.39 Å². The fraction of sp³-hybridized carbons (Fsp3) is 0.375. The molecule has 0 unspecified atom stereocenters. The molecule has 1 heterocycles. The fourth-order valence-corrected chi connectivity index (χ4v) is 3.68. The minimum atomic E-state index is -0.296. The lowest BCUT2D eigenvalue weighted by Gasteiger charge is -2.32. The molecule has 2 aromatic carbocycles. The molecule has 0 radical (unpaired) electrons. The van der Waals surface area contributed by atoms with Crippen molar-refractivity contribution < 1.29 is 18.8 Å². The van der Waals surface area contributed by atoms with Crippen LogP contribution in [-0.4, -0.2) is 54.7 Å². The molecule has 0 aromatic heterocycles. The van der Waals surface area contributed by atoms with E-state index in [4.69, 9.17) is 0 Å². The predicted octanol–water partition coefficient (Wildman–Crippen LogP) is 3.54. The number of nitrogens with zero attached hydrogens (tertiary/aromatic N) is 2. The highest BCUT2D eigenvalue weighted by Gasteiger charge is 2.28. The lowest BCUT2D eigenvalue weighted by atomic mass is 9.96. The minimum Gasteiger partial charge on any atom is -0.349 e. The van der Waals surface area contributed by atoms with Crippen LogP contribution in [-0.2, 0) is 14.4 Å². The van der Waals surface area contributed by atoms with Crippen molar-refractivity contribution >= 4 is 23.4 Å². The monoisotopic (exact) mass is 425 g/mol. The third-order valence-electron chi connectivity index (χ3n) is 5.50. The summed E-state index contributed by atoms with van der Waals surface area (Å²) in [6.45, 7) is 0.970. The lowest BCUT2D eigenvalue weighted by Crippen LogP contribution is -2.44. The van der Waals surface area contributed by atoms with Gasteiger partial charge in [0, 0.05) is 45.7 Å². The Morgan fingerprint density at radius 2 is 1.81 bits per heavy atom. The van der Waals surface area contributed by atoms with E-state index in [0.29, 0.717) is 25.2 Å². The number of hydrogen-bond donors (Lipinski definition) is 1. The maximum atomic E-state index is 13.2. The summed E-state index contributed by atoms with van der Waals surface area (Å²) in [5, 5.41) is 2.95. The van der Waals surface area contributed by atoms with Crippen molar-refractivity contribution in [3.63, 3.8) is 0 Å². The van der Waals surface area contributed by atoms with Crippen LogP contribution < -0.4 is 5.32 Å². The van der Waals surface area contributed by atoms with Crippen molar-refractivity contribution in [2.24, 2.45) is 5.92 Å². The Kier molecular flexibility index (Phi) is 7.39. The molecule has 7 heteroatoms. The molecule has 0 saturated carbocycles. The Bertz CT molecular complexity index is 943. The van der Waals surface area contributed by atoms with Crippen LogP contribution >= 0.6 is 0 Å². The molecule has 31 heavy (non-hydrogen) atoms. The highest BCUT2D eigenvalue weighted by atomic mass is 19.1. The zero-order valence-electron chi connectivity index (χ0n) is 17.9. The number of likely N-dealkylation sites (tertiary alicyclic amines) is 1. The first kappa shape index (κ1) is 22.5. The van der Waals surface area contributed by atoms with Crippen LogP contribution in [0.15, 0.2) is 48.5 Å². The number of hydrogen-bond acceptors (Lipinski definition) is 3. The van der Waals surface area contributed by atoms with E-state index in [-0.39, 0.29) is 42.3 Å². The summed E-state index contributed by atoms with van der Waals surface area (Å²) in [4.78, 5) is 40.2. The number of amides is 3. The zero-order valence-corrected chi connectivity index (χ0v) is 17.9. The summed E-state index contributed by atoms with van der Waals surface area (Å²) in [5.74, 6) is -0.891. The van der Waals surface area contributed by atoms with Crippen molar-refractivity contribution in [3.05, 3.63) is 54.3 Å². The van der Waals surface area contributed by atoms with E-state index < -0.39 is 0 Å². The van der Waals surface area contributed by atoms with Crippen molar-refractivity contribution in [2.45, 2.75) is 25.7 Å². The number of nitrogens with one attached hydrogen (secondary N) is 1. The summed E-state index contributed by atoms with van der Waals surface area (Å²) in [6, 6.07) is 13.6. The van der Waals surface area contributed by atoms with Gasteiger partial charge in [0.1, 0.15) is 5.82 Å². The van der Waals surface area contributed by atoms with Gasteiger partial charge in [0.05, 0.1) is 5.92 Å². The van der Waals surface area contributed by atoms with Crippen molar-refractivity contribution in [2.75, 3.05) is 32.5 Å². The Morgan fingerprint density at radius 3 is 2.52 bits per heavy atom. The van der Waals surface area contributed by atoms with E-state index in [0.717, 1.165) is 17.5 Å². The third kappa shape index (κ3) is 6.13. The first-order valence-electron chi connectivity index (χ1n) is 10.5. The molecule has 0 spiro atoms. The van der Waals surface area contributed by atoms with E-state index in [9.17, 15) is 18.8 Å².